The molecule has 0 saturated heterocycles. The molecule has 1 saturated carbocycles. The van der Waals surface area contributed by atoms with E-state index in [1.54, 1.807) is 0 Å². The fourth-order valence-corrected chi connectivity index (χ4v) is 3.60. The van der Waals surface area contributed by atoms with Crippen LogP contribution in [-0.2, 0) is 4.74 Å². The van der Waals surface area contributed by atoms with Crippen molar-refractivity contribution < 1.29 is 14.9 Å². The van der Waals surface area contributed by atoms with Crippen LogP contribution in [0.2, 0.25) is 0 Å². The minimum absolute atomic E-state index is 0.155. The van der Waals surface area contributed by atoms with Crippen molar-refractivity contribution in [2.45, 2.75) is 57.0 Å². The highest BCUT2D eigenvalue weighted by atomic mass is 16.5. The van der Waals surface area contributed by atoms with Crippen LogP contribution in [0.25, 0.3) is 0 Å². The molecular formula is C23H31NO3. The smallest absolute Gasteiger partial charge is 0.108 e. The number of aliphatic hydroxyl groups excluding tert-OH is 2. The van der Waals surface area contributed by atoms with Crippen LogP contribution in [0.3, 0.4) is 0 Å². The summed E-state index contributed by atoms with van der Waals surface area (Å²) in [6.45, 7) is 2.85. The van der Waals surface area contributed by atoms with Crippen molar-refractivity contribution in [3.05, 3.63) is 71.3 Å². The summed E-state index contributed by atoms with van der Waals surface area (Å²) in [5, 5.41) is 23.4. The van der Waals surface area contributed by atoms with Gasteiger partial charge in [0.1, 0.15) is 6.10 Å². The Labute approximate surface area is 162 Å². The quantitative estimate of drug-likeness (QED) is 0.668. The average molecular weight is 370 g/mol. The van der Waals surface area contributed by atoms with Crippen molar-refractivity contribution in [3.8, 4) is 0 Å². The largest absolute Gasteiger partial charge is 0.393 e. The number of aliphatic hydroxyl groups is 2. The van der Waals surface area contributed by atoms with Crippen LogP contribution >= 0.6 is 0 Å². The monoisotopic (exact) mass is 369 g/mol. The van der Waals surface area contributed by atoms with Gasteiger partial charge in [-0.15, -0.1) is 0 Å². The van der Waals surface area contributed by atoms with Gasteiger partial charge in [0.2, 0.25) is 0 Å². The molecule has 2 aromatic rings. The molecule has 1 aliphatic rings. The Morgan fingerprint density at radius 3 is 2.26 bits per heavy atom. The van der Waals surface area contributed by atoms with Crippen LogP contribution in [0.5, 0.6) is 0 Å². The molecule has 0 aromatic heterocycles. The molecule has 0 heterocycles. The third kappa shape index (κ3) is 6.15. The van der Waals surface area contributed by atoms with E-state index in [1.165, 1.54) is 5.56 Å². The lowest BCUT2D eigenvalue weighted by atomic mass is 9.93. The number of rotatable bonds is 8. The second-order valence-electron chi connectivity index (χ2n) is 7.60. The van der Waals surface area contributed by atoms with Gasteiger partial charge in [-0.05, 0) is 43.7 Å². The molecule has 146 valence electrons. The topological polar surface area (TPSA) is 61.7 Å². The van der Waals surface area contributed by atoms with Crippen molar-refractivity contribution in [1.82, 2.24) is 5.32 Å². The number of aryl methyl sites for hydroxylation is 1. The first-order valence-electron chi connectivity index (χ1n) is 9.94. The summed E-state index contributed by atoms with van der Waals surface area (Å²) in [5.41, 5.74) is 3.39. The Morgan fingerprint density at radius 2 is 1.59 bits per heavy atom. The molecule has 0 radical (unpaired) electrons. The molecular weight excluding hydrogens is 338 g/mol. The van der Waals surface area contributed by atoms with Crippen LogP contribution in [0, 0.1) is 6.92 Å². The van der Waals surface area contributed by atoms with Crippen molar-refractivity contribution in [2.75, 3.05) is 13.2 Å². The van der Waals surface area contributed by atoms with Gasteiger partial charge in [0, 0.05) is 12.6 Å². The first-order valence-corrected chi connectivity index (χ1v) is 9.94. The molecule has 27 heavy (non-hydrogen) atoms. The maximum atomic E-state index is 10.4. The van der Waals surface area contributed by atoms with Gasteiger partial charge in [-0.2, -0.15) is 0 Å². The van der Waals surface area contributed by atoms with Crippen molar-refractivity contribution in [2.24, 2.45) is 0 Å². The highest BCUT2D eigenvalue weighted by molar-refractivity contribution is 5.31. The zero-order valence-corrected chi connectivity index (χ0v) is 16.1. The predicted octanol–water partition coefficient (Wildman–Crippen LogP) is 3.36. The number of hydrogen-bond donors (Lipinski definition) is 3. The number of nitrogens with one attached hydrogen (secondary N) is 1. The zero-order chi connectivity index (χ0) is 19.1. The van der Waals surface area contributed by atoms with Gasteiger partial charge in [0.25, 0.3) is 0 Å². The summed E-state index contributed by atoms with van der Waals surface area (Å²) >= 11 is 0. The van der Waals surface area contributed by atoms with E-state index in [4.69, 9.17) is 4.74 Å². The second kappa shape index (κ2) is 10.00. The van der Waals surface area contributed by atoms with E-state index < -0.39 is 6.10 Å². The van der Waals surface area contributed by atoms with Gasteiger partial charge in [0.05, 0.1) is 18.8 Å². The third-order valence-electron chi connectivity index (χ3n) is 5.28. The Kier molecular flexibility index (Phi) is 7.41. The lowest BCUT2D eigenvalue weighted by Gasteiger charge is -2.27. The molecule has 4 heteroatoms. The first-order chi connectivity index (χ1) is 13.1. The fraction of sp³-hybridized carbons (Fsp3) is 0.478. The Bertz CT molecular complexity index is 666. The number of benzene rings is 2. The molecule has 0 spiro atoms. The van der Waals surface area contributed by atoms with Crippen LogP contribution in [0.15, 0.2) is 54.6 Å². The van der Waals surface area contributed by atoms with Crippen LogP contribution in [0.4, 0.5) is 0 Å². The molecule has 0 unspecified atom stereocenters. The van der Waals surface area contributed by atoms with Crippen LogP contribution < -0.4 is 5.32 Å². The van der Waals surface area contributed by atoms with E-state index in [2.05, 4.69) is 48.6 Å². The molecule has 0 aliphatic heterocycles. The van der Waals surface area contributed by atoms with Crippen LogP contribution in [0.1, 0.15) is 48.5 Å². The summed E-state index contributed by atoms with van der Waals surface area (Å²) in [5.74, 6) is 0. The minimum atomic E-state index is -0.562. The van der Waals surface area contributed by atoms with Gasteiger partial charge in [-0.25, -0.2) is 0 Å². The Balaban J connectivity index is 1.55. The average Bonchev–Trinajstić information content (AvgIpc) is 2.70. The molecule has 0 amide bonds. The molecule has 4 nitrogen and oxygen atoms in total. The third-order valence-corrected chi connectivity index (χ3v) is 5.28. The molecule has 0 bridgehead atoms. The zero-order valence-electron chi connectivity index (χ0n) is 16.1. The minimum Gasteiger partial charge on any atom is -0.393 e. The van der Waals surface area contributed by atoms with Crippen molar-refractivity contribution in [3.63, 3.8) is 0 Å². The molecule has 2 atom stereocenters. The van der Waals surface area contributed by atoms with E-state index in [-0.39, 0.29) is 18.8 Å². The van der Waals surface area contributed by atoms with Gasteiger partial charge >= 0.3 is 0 Å². The molecule has 3 rings (SSSR count). The maximum absolute atomic E-state index is 10.4. The maximum Gasteiger partial charge on any atom is 0.108 e. The Hall–Kier alpha value is -1.72. The number of ether oxygens (including phenoxy) is 1. The summed E-state index contributed by atoms with van der Waals surface area (Å²) in [4.78, 5) is 0. The summed E-state index contributed by atoms with van der Waals surface area (Å²) in [6.07, 6.45) is 2.70. The van der Waals surface area contributed by atoms with E-state index in [9.17, 15) is 10.2 Å². The lowest BCUT2D eigenvalue weighted by Crippen LogP contribution is -2.40. The standard InChI is InChI=1S/C23H31NO3/c1-17-7-9-19(10-8-17)23(18-5-3-2-4-6-18)27-16-22(26)15-24-20-11-13-21(25)14-12-20/h2-10,20-26H,11-16H2,1H3/t20?,21?,22-,23-/m1/s1. The molecule has 3 N–H and O–H groups in total. The molecule has 1 fully saturated rings. The van der Waals surface area contributed by atoms with E-state index in [0.29, 0.717) is 12.6 Å². The summed E-state index contributed by atoms with van der Waals surface area (Å²) in [6, 6.07) is 18.9. The SMILES string of the molecule is Cc1ccc([C@H](OC[C@H](O)CNC2CCC(O)CC2)c2ccccc2)cc1. The lowest BCUT2D eigenvalue weighted by molar-refractivity contribution is 0.00448. The molecule has 2 aromatic carbocycles. The van der Waals surface area contributed by atoms with Crippen molar-refractivity contribution >= 4 is 0 Å². The second-order valence-corrected chi connectivity index (χ2v) is 7.60. The van der Waals surface area contributed by atoms with E-state index in [1.807, 2.05) is 18.2 Å². The normalized spacial score (nSPS) is 22.3. The molecule has 1 aliphatic carbocycles. The van der Waals surface area contributed by atoms with Gasteiger partial charge in [-0.3, -0.25) is 0 Å². The highest BCUT2D eigenvalue weighted by Crippen LogP contribution is 2.26. The van der Waals surface area contributed by atoms with E-state index in [0.717, 1.165) is 36.8 Å². The van der Waals surface area contributed by atoms with Gasteiger partial charge in [-0.1, -0.05) is 60.2 Å². The first kappa shape index (κ1) is 20.0. The van der Waals surface area contributed by atoms with Crippen LogP contribution in [-0.4, -0.2) is 41.6 Å². The summed E-state index contributed by atoms with van der Waals surface area (Å²) < 4.78 is 6.14. The number of hydrogen-bond acceptors (Lipinski definition) is 4. The van der Waals surface area contributed by atoms with Gasteiger partial charge < -0.3 is 20.3 Å². The summed E-state index contributed by atoms with van der Waals surface area (Å²) in [7, 11) is 0. The van der Waals surface area contributed by atoms with E-state index >= 15 is 0 Å². The highest BCUT2D eigenvalue weighted by Gasteiger charge is 2.21. The fourth-order valence-electron chi connectivity index (χ4n) is 3.60. The van der Waals surface area contributed by atoms with Crippen molar-refractivity contribution in [1.29, 1.82) is 0 Å². The Morgan fingerprint density at radius 1 is 0.963 bits per heavy atom. The predicted molar refractivity (Wildman–Crippen MR) is 108 cm³/mol. The van der Waals surface area contributed by atoms with Gasteiger partial charge in [0.15, 0.2) is 0 Å².